The second-order valence-corrected chi connectivity index (χ2v) is 10.3. The monoisotopic (exact) mass is 478 g/mol. The molecule has 0 bridgehead atoms. The molecule has 0 aliphatic carbocycles. The summed E-state index contributed by atoms with van der Waals surface area (Å²) in [5.74, 6) is 0. The van der Waals surface area contributed by atoms with Crippen molar-refractivity contribution in [1.82, 2.24) is 9.97 Å². The number of rotatable bonds is 3. The number of aromatic nitrogens is 2. The zero-order chi connectivity index (χ0) is 24.1. The Hall–Kier alpha value is -4.34. The van der Waals surface area contributed by atoms with Gasteiger partial charge in [-0.1, -0.05) is 66.2 Å². The Morgan fingerprint density at radius 3 is 2.00 bits per heavy atom. The molecule has 4 aromatic carbocycles. The van der Waals surface area contributed by atoms with Crippen molar-refractivity contribution < 1.29 is 0 Å². The van der Waals surface area contributed by atoms with E-state index in [2.05, 4.69) is 109 Å². The zero-order valence-electron chi connectivity index (χ0n) is 19.8. The molecule has 0 saturated heterocycles. The summed E-state index contributed by atoms with van der Waals surface area (Å²) in [7, 11) is 0. The zero-order valence-corrected chi connectivity index (χ0v) is 20.6. The Kier molecular flexibility index (Phi) is 4.90. The van der Waals surface area contributed by atoms with Crippen molar-refractivity contribution in [2.75, 3.05) is 0 Å². The maximum atomic E-state index is 4.83. The maximum Gasteiger partial charge on any atom is 0.124 e. The van der Waals surface area contributed by atoms with Gasteiger partial charge in [-0.25, -0.2) is 4.98 Å². The van der Waals surface area contributed by atoms with Crippen molar-refractivity contribution in [3.8, 4) is 33.5 Å². The lowest BCUT2D eigenvalue weighted by Gasteiger charge is -2.08. The maximum absolute atomic E-state index is 4.83. The first-order chi connectivity index (χ1) is 17.7. The molecule has 0 unspecified atom stereocenters. The Balaban J connectivity index is 1.20. The largest absolute Gasteiger partial charge is 0.256 e. The molecule has 0 saturated carbocycles. The van der Waals surface area contributed by atoms with Crippen LogP contribution in [-0.2, 0) is 0 Å². The molecule has 0 atom stereocenters. The van der Waals surface area contributed by atoms with Crippen molar-refractivity contribution in [1.29, 1.82) is 0 Å². The van der Waals surface area contributed by atoms with E-state index in [1.54, 1.807) is 11.3 Å². The average molecular weight is 479 g/mol. The van der Waals surface area contributed by atoms with Gasteiger partial charge in [0.1, 0.15) is 4.83 Å². The number of fused-ring (bicyclic) bond motifs is 4. The third kappa shape index (κ3) is 3.65. The first-order valence-corrected chi connectivity index (χ1v) is 12.9. The van der Waals surface area contributed by atoms with E-state index in [1.165, 1.54) is 48.5 Å². The smallest absolute Gasteiger partial charge is 0.124 e. The average Bonchev–Trinajstić information content (AvgIpc) is 3.31. The van der Waals surface area contributed by atoms with Crippen molar-refractivity contribution in [2.24, 2.45) is 0 Å². The standard InChI is InChI=1S/C33H22N2S/c1-21-4-6-22(7-5-21)23-8-9-25-18-26(11-10-24(25)17-23)28-12-14-31(35-20-28)27-13-15-32-30(19-27)29-3-2-16-34-33(29)36-32/h2-20H,1H3. The van der Waals surface area contributed by atoms with Crippen LogP contribution in [0.5, 0.6) is 0 Å². The quantitative estimate of drug-likeness (QED) is 0.253. The first-order valence-electron chi connectivity index (χ1n) is 12.1. The van der Waals surface area contributed by atoms with Crippen LogP contribution in [0.25, 0.3) is 64.6 Å². The van der Waals surface area contributed by atoms with Crippen LogP contribution < -0.4 is 0 Å². The fourth-order valence-electron chi connectivity index (χ4n) is 4.86. The van der Waals surface area contributed by atoms with Gasteiger partial charge < -0.3 is 0 Å². The van der Waals surface area contributed by atoms with E-state index < -0.39 is 0 Å². The molecule has 2 nitrogen and oxygen atoms in total. The van der Waals surface area contributed by atoms with Crippen LogP contribution in [-0.4, -0.2) is 9.97 Å². The van der Waals surface area contributed by atoms with Crippen LogP contribution in [0, 0.1) is 6.92 Å². The minimum absolute atomic E-state index is 0.979. The predicted octanol–water partition coefficient (Wildman–Crippen LogP) is 9.31. The Morgan fingerprint density at radius 2 is 1.25 bits per heavy atom. The highest BCUT2D eigenvalue weighted by molar-refractivity contribution is 7.25. The summed E-state index contributed by atoms with van der Waals surface area (Å²) in [6.07, 6.45) is 3.84. The minimum atomic E-state index is 0.979. The molecule has 0 fully saturated rings. The second-order valence-electron chi connectivity index (χ2n) is 9.24. The molecule has 170 valence electrons. The predicted molar refractivity (Wildman–Crippen MR) is 153 cm³/mol. The molecular formula is C33H22N2S. The molecule has 7 rings (SSSR count). The fourth-order valence-corrected chi connectivity index (χ4v) is 5.88. The van der Waals surface area contributed by atoms with Crippen LogP contribution >= 0.6 is 11.3 Å². The molecule has 0 amide bonds. The van der Waals surface area contributed by atoms with Crippen molar-refractivity contribution >= 4 is 42.4 Å². The molecule has 0 aliphatic heterocycles. The van der Waals surface area contributed by atoms with Crippen LogP contribution in [0.4, 0.5) is 0 Å². The highest BCUT2D eigenvalue weighted by Gasteiger charge is 2.09. The van der Waals surface area contributed by atoms with Crippen LogP contribution in [0.2, 0.25) is 0 Å². The highest BCUT2D eigenvalue weighted by Crippen LogP contribution is 2.35. The third-order valence-corrected chi connectivity index (χ3v) is 7.96. The van der Waals surface area contributed by atoms with Crippen LogP contribution in [0.15, 0.2) is 116 Å². The lowest BCUT2D eigenvalue weighted by molar-refractivity contribution is 1.33. The van der Waals surface area contributed by atoms with Gasteiger partial charge in [0.2, 0.25) is 0 Å². The summed E-state index contributed by atoms with van der Waals surface area (Å²) in [5.41, 5.74) is 8.17. The summed E-state index contributed by atoms with van der Waals surface area (Å²) in [6, 6.07) is 37.0. The van der Waals surface area contributed by atoms with E-state index in [-0.39, 0.29) is 0 Å². The van der Waals surface area contributed by atoms with Gasteiger partial charge in [-0.15, -0.1) is 11.3 Å². The van der Waals surface area contributed by atoms with E-state index >= 15 is 0 Å². The van der Waals surface area contributed by atoms with Gasteiger partial charge in [-0.05, 0) is 76.9 Å². The first kappa shape index (κ1) is 21.0. The van der Waals surface area contributed by atoms with Gasteiger partial charge in [0.25, 0.3) is 0 Å². The van der Waals surface area contributed by atoms with Gasteiger partial charge in [0, 0.05) is 39.0 Å². The van der Waals surface area contributed by atoms with Gasteiger partial charge in [-0.3, -0.25) is 4.98 Å². The van der Waals surface area contributed by atoms with E-state index in [9.17, 15) is 0 Å². The number of aryl methyl sites for hydroxylation is 1. The highest BCUT2D eigenvalue weighted by atomic mass is 32.1. The Labute approximate surface area is 213 Å². The van der Waals surface area contributed by atoms with Crippen LogP contribution in [0.1, 0.15) is 5.56 Å². The molecule has 0 spiro atoms. The number of hydrogen-bond acceptors (Lipinski definition) is 3. The number of hydrogen-bond donors (Lipinski definition) is 0. The SMILES string of the molecule is Cc1ccc(-c2ccc3cc(-c4ccc(-c5ccc6sc7ncccc7c6c5)nc4)ccc3c2)cc1. The lowest BCUT2D eigenvalue weighted by Crippen LogP contribution is -1.86. The lowest BCUT2D eigenvalue weighted by atomic mass is 9.97. The topological polar surface area (TPSA) is 25.8 Å². The molecule has 0 N–H and O–H groups in total. The Bertz CT molecular complexity index is 1880. The summed E-state index contributed by atoms with van der Waals surface area (Å²) >= 11 is 1.73. The normalized spacial score (nSPS) is 11.5. The van der Waals surface area contributed by atoms with Gasteiger partial charge in [0.05, 0.1) is 5.69 Å². The van der Waals surface area contributed by atoms with E-state index in [0.717, 1.165) is 21.7 Å². The third-order valence-electron chi connectivity index (χ3n) is 6.87. The van der Waals surface area contributed by atoms with Gasteiger partial charge in [0.15, 0.2) is 0 Å². The number of nitrogens with zero attached hydrogens (tertiary/aromatic N) is 2. The van der Waals surface area contributed by atoms with E-state index in [1.807, 2.05) is 18.5 Å². The molecule has 7 aromatic rings. The summed E-state index contributed by atoms with van der Waals surface area (Å²) in [5, 5.41) is 4.92. The van der Waals surface area contributed by atoms with Crippen molar-refractivity contribution in [2.45, 2.75) is 6.92 Å². The molecule has 36 heavy (non-hydrogen) atoms. The summed E-state index contributed by atoms with van der Waals surface area (Å²) in [4.78, 5) is 10.4. The second kappa shape index (κ2) is 8.40. The van der Waals surface area contributed by atoms with E-state index in [0.29, 0.717) is 0 Å². The molecule has 0 aliphatic rings. The molecule has 0 radical (unpaired) electrons. The molecular weight excluding hydrogens is 456 g/mol. The summed E-state index contributed by atoms with van der Waals surface area (Å²) < 4.78 is 1.26. The molecule has 3 heterocycles. The number of pyridine rings is 2. The number of benzene rings is 4. The molecule has 3 aromatic heterocycles. The fraction of sp³-hybridized carbons (Fsp3) is 0.0303. The summed E-state index contributed by atoms with van der Waals surface area (Å²) in [6.45, 7) is 2.12. The van der Waals surface area contributed by atoms with Gasteiger partial charge >= 0.3 is 0 Å². The molecule has 3 heteroatoms. The van der Waals surface area contributed by atoms with Gasteiger partial charge in [-0.2, -0.15) is 0 Å². The van der Waals surface area contributed by atoms with Crippen molar-refractivity contribution in [3.63, 3.8) is 0 Å². The van der Waals surface area contributed by atoms with Crippen molar-refractivity contribution in [3.05, 3.63) is 121 Å². The Morgan fingerprint density at radius 1 is 0.556 bits per heavy atom. The van der Waals surface area contributed by atoms with Crippen LogP contribution in [0.3, 0.4) is 0 Å². The minimum Gasteiger partial charge on any atom is -0.256 e. The number of thiophene rings is 1. The van der Waals surface area contributed by atoms with E-state index in [4.69, 9.17) is 4.98 Å².